The van der Waals surface area contributed by atoms with Crippen LogP contribution in [0.3, 0.4) is 0 Å². The van der Waals surface area contributed by atoms with Crippen molar-refractivity contribution in [1.82, 2.24) is 0 Å². The molecule has 1 aromatic heterocycles. The predicted octanol–water partition coefficient (Wildman–Crippen LogP) is 3.19. The van der Waals surface area contributed by atoms with Crippen LogP contribution in [0.5, 0.6) is 0 Å². The molecule has 114 valence electrons. The highest BCUT2D eigenvalue weighted by Crippen LogP contribution is 2.36. The molecule has 5 nitrogen and oxygen atoms in total. The fraction of sp³-hybridized carbons (Fsp3) is 0.250. The average molecular weight is 302 g/mol. The zero-order valence-electron chi connectivity index (χ0n) is 12.0. The molecule has 1 fully saturated rings. The zero-order chi connectivity index (χ0) is 15.7. The fourth-order valence-corrected chi connectivity index (χ4v) is 2.37. The number of anilines is 2. The van der Waals surface area contributed by atoms with E-state index >= 15 is 0 Å². The highest BCUT2D eigenvalue weighted by atomic mass is 19.1. The Kier molecular flexibility index (Phi) is 3.66. The van der Waals surface area contributed by atoms with Gasteiger partial charge in [0.1, 0.15) is 5.82 Å². The van der Waals surface area contributed by atoms with Crippen molar-refractivity contribution in [3.63, 3.8) is 0 Å². The van der Waals surface area contributed by atoms with E-state index in [1.54, 1.807) is 11.0 Å². The fourth-order valence-electron chi connectivity index (χ4n) is 2.37. The summed E-state index contributed by atoms with van der Waals surface area (Å²) in [5.74, 6) is -0.993. The lowest BCUT2D eigenvalue weighted by Gasteiger charge is -2.23. The minimum absolute atomic E-state index is 0.113. The summed E-state index contributed by atoms with van der Waals surface area (Å²) in [6.07, 6.45) is 3.19. The third kappa shape index (κ3) is 2.86. The average Bonchev–Trinajstić information content (AvgIpc) is 3.13. The standard InChI is InChI=1S/C16H15FN2O3/c1-10(20)19(12-5-6-12)14-7-4-11(17)9-13(14)18-16(21)15-3-2-8-22-15/h2-4,7-9,12H,5-6H2,1H3,(H,18,21). The monoisotopic (exact) mass is 302 g/mol. The minimum Gasteiger partial charge on any atom is -0.459 e. The number of carbonyl (C=O) groups is 2. The van der Waals surface area contributed by atoms with E-state index in [0.29, 0.717) is 5.69 Å². The molecule has 0 atom stereocenters. The van der Waals surface area contributed by atoms with E-state index < -0.39 is 11.7 Å². The summed E-state index contributed by atoms with van der Waals surface area (Å²) in [6.45, 7) is 1.46. The molecule has 22 heavy (non-hydrogen) atoms. The number of nitrogens with one attached hydrogen (secondary N) is 1. The Labute approximate surface area is 126 Å². The second kappa shape index (κ2) is 5.63. The van der Waals surface area contributed by atoms with Gasteiger partial charge in [-0.05, 0) is 43.2 Å². The Morgan fingerprint density at radius 3 is 2.68 bits per heavy atom. The van der Waals surface area contributed by atoms with Gasteiger partial charge in [-0.15, -0.1) is 0 Å². The number of amides is 2. The SMILES string of the molecule is CC(=O)N(c1ccc(F)cc1NC(=O)c1ccco1)C1CC1. The van der Waals surface area contributed by atoms with E-state index in [1.165, 1.54) is 37.5 Å². The number of nitrogens with zero attached hydrogens (tertiary/aromatic N) is 1. The first-order valence-electron chi connectivity index (χ1n) is 7.00. The van der Waals surface area contributed by atoms with Crippen molar-refractivity contribution >= 4 is 23.2 Å². The zero-order valence-corrected chi connectivity index (χ0v) is 12.0. The van der Waals surface area contributed by atoms with Crippen molar-refractivity contribution in [3.8, 4) is 0 Å². The van der Waals surface area contributed by atoms with Crippen molar-refractivity contribution in [2.24, 2.45) is 0 Å². The summed E-state index contributed by atoms with van der Waals surface area (Å²) in [7, 11) is 0. The van der Waals surface area contributed by atoms with Crippen LogP contribution < -0.4 is 10.2 Å². The molecule has 0 spiro atoms. The van der Waals surface area contributed by atoms with Crippen molar-refractivity contribution in [3.05, 3.63) is 48.2 Å². The molecule has 1 aliphatic carbocycles. The Morgan fingerprint density at radius 2 is 2.09 bits per heavy atom. The third-order valence-corrected chi connectivity index (χ3v) is 3.46. The number of hydrogen-bond donors (Lipinski definition) is 1. The van der Waals surface area contributed by atoms with Crippen molar-refractivity contribution < 1.29 is 18.4 Å². The minimum atomic E-state index is -0.490. The lowest BCUT2D eigenvalue weighted by Crippen LogP contribution is -2.31. The smallest absolute Gasteiger partial charge is 0.291 e. The molecule has 1 aromatic carbocycles. The molecular formula is C16H15FN2O3. The van der Waals surface area contributed by atoms with Crippen molar-refractivity contribution in [2.75, 3.05) is 10.2 Å². The van der Waals surface area contributed by atoms with E-state index in [-0.39, 0.29) is 23.4 Å². The van der Waals surface area contributed by atoms with Gasteiger partial charge in [0.25, 0.3) is 5.91 Å². The lowest BCUT2D eigenvalue weighted by molar-refractivity contribution is -0.116. The highest BCUT2D eigenvalue weighted by molar-refractivity contribution is 6.06. The quantitative estimate of drug-likeness (QED) is 0.943. The number of benzene rings is 1. The van der Waals surface area contributed by atoms with Gasteiger partial charge in [0.05, 0.1) is 17.6 Å². The van der Waals surface area contributed by atoms with Crippen LogP contribution in [0.4, 0.5) is 15.8 Å². The molecule has 1 heterocycles. The maximum absolute atomic E-state index is 13.5. The number of carbonyl (C=O) groups excluding carboxylic acids is 2. The second-order valence-corrected chi connectivity index (χ2v) is 5.21. The van der Waals surface area contributed by atoms with Crippen LogP contribution in [0.1, 0.15) is 30.3 Å². The molecule has 0 unspecified atom stereocenters. The predicted molar refractivity (Wildman–Crippen MR) is 79.2 cm³/mol. The van der Waals surface area contributed by atoms with Crippen LogP contribution in [0.15, 0.2) is 41.0 Å². The van der Waals surface area contributed by atoms with Crippen LogP contribution in [-0.2, 0) is 4.79 Å². The van der Waals surface area contributed by atoms with Crippen molar-refractivity contribution in [2.45, 2.75) is 25.8 Å². The van der Waals surface area contributed by atoms with E-state index in [9.17, 15) is 14.0 Å². The van der Waals surface area contributed by atoms with Gasteiger partial charge in [-0.2, -0.15) is 0 Å². The summed E-state index contributed by atoms with van der Waals surface area (Å²) in [6, 6.07) is 7.20. The van der Waals surface area contributed by atoms with E-state index in [0.717, 1.165) is 12.8 Å². The van der Waals surface area contributed by atoms with Gasteiger partial charge in [0.15, 0.2) is 5.76 Å². The van der Waals surface area contributed by atoms with Crippen LogP contribution >= 0.6 is 0 Å². The van der Waals surface area contributed by atoms with E-state index in [2.05, 4.69) is 5.32 Å². The molecule has 6 heteroatoms. The summed E-state index contributed by atoms with van der Waals surface area (Å²) >= 11 is 0. The van der Waals surface area contributed by atoms with Crippen LogP contribution in [0.25, 0.3) is 0 Å². The largest absolute Gasteiger partial charge is 0.459 e. The Hall–Kier alpha value is -2.63. The van der Waals surface area contributed by atoms with Gasteiger partial charge in [0.2, 0.25) is 5.91 Å². The van der Waals surface area contributed by atoms with Crippen molar-refractivity contribution in [1.29, 1.82) is 0 Å². The Bertz CT molecular complexity index is 708. The number of rotatable bonds is 4. The molecular weight excluding hydrogens is 287 g/mol. The first-order valence-corrected chi connectivity index (χ1v) is 7.00. The number of halogens is 1. The molecule has 0 radical (unpaired) electrons. The maximum Gasteiger partial charge on any atom is 0.291 e. The van der Waals surface area contributed by atoms with Gasteiger partial charge in [-0.1, -0.05) is 0 Å². The molecule has 2 amide bonds. The van der Waals surface area contributed by atoms with Gasteiger partial charge in [-0.25, -0.2) is 4.39 Å². The van der Waals surface area contributed by atoms with Gasteiger partial charge >= 0.3 is 0 Å². The molecule has 2 aromatic rings. The van der Waals surface area contributed by atoms with Crippen LogP contribution in [0, 0.1) is 5.82 Å². The third-order valence-electron chi connectivity index (χ3n) is 3.46. The number of furan rings is 1. The first kappa shape index (κ1) is 14.3. The topological polar surface area (TPSA) is 62.6 Å². The van der Waals surface area contributed by atoms with Crippen LogP contribution in [-0.4, -0.2) is 17.9 Å². The summed E-state index contributed by atoms with van der Waals surface area (Å²) in [5, 5.41) is 2.61. The maximum atomic E-state index is 13.5. The molecule has 1 saturated carbocycles. The van der Waals surface area contributed by atoms with E-state index in [1.807, 2.05) is 0 Å². The van der Waals surface area contributed by atoms with Gasteiger partial charge in [-0.3, -0.25) is 9.59 Å². The number of hydrogen-bond acceptors (Lipinski definition) is 3. The Balaban J connectivity index is 1.93. The summed E-state index contributed by atoms with van der Waals surface area (Å²) < 4.78 is 18.6. The lowest BCUT2D eigenvalue weighted by atomic mass is 10.2. The summed E-state index contributed by atoms with van der Waals surface area (Å²) in [5.41, 5.74) is 0.750. The van der Waals surface area contributed by atoms with Crippen LogP contribution in [0.2, 0.25) is 0 Å². The molecule has 0 saturated heterocycles. The molecule has 0 aliphatic heterocycles. The molecule has 0 bridgehead atoms. The first-order chi connectivity index (χ1) is 10.6. The Morgan fingerprint density at radius 1 is 1.32 bits per heavy atom. The molecule has 3 rings (SSSR count). The van der Waals surface area contributed by atoms with Gasteiger partial charge < -0.3 is 14.6 Å². The molecule has 1 aliphatic rings. The summed E-state index contributed by atoms with van der Waals surface area (Å²) in [4.78, 5) is 25.6. The second-order valence-electron chi connectivity index (χ2n) is 5.21. The van der Waals surface area contributed by atoms with E-state index in [4.69, 9.17) is 4.42 Å². The normalized spacial score (nSPS) is 13.7. The highest BCUT2D eigenvalue weighted by Gasteiger charge is 2.33. The van der Waals surface area contributed by atoms with Gasteiger partial charge in [0, 0.05) is 13.0 Å². The molecule has 1 N–H and O–H groups in total.